The van der Waals surface area contributed by atoms with E-state index in [0.717, 1.165) is 17.4 Å². The van der Waals surface area contributed by atoms with Crippen molar-refractivity contribution < 1.29 is 4.79 Å². The summed E-state index contributed by atoms with van der Waals surface area (Å²) in [6, 6.07) is 12.5. The van der Waals surface area contributed by atoms with Crippen LogP contribution in [-0.4, -0.2) is 6.29 Å². The van der Waals surface area contributed by atoms with Crippen molar-refractivity contribution >= 4 is 29.5 Å². The summed E-state index contributed by atoms with van der Waals surface area (Å²) in [7, 11) is 0. The zero-order valence-corrected chi connectivity index (χ0v) is 9.79. The normalized spacial score (nSPS) is 10.1. The van der Waals surface area contributed by atoms with Gasteiger partial charge in [-0.3, -0.25) is 4.79 Å². The molecule has 80 valence electrons. The Balaban J connectivity index is 2.62. The number of carbonyl (C=O) groups is 1. The number of benzene rings is 2. The first-order valence-electron chi connectivity index (χ1n) is 4.72. The van der Waals surface area contributed by atoms with E-state index in [9.17, 15) is 4.79 Å². The van der Waals surface area contributed by atoms with Crippen molar-refractivity contribution in [1.82, 2.24) is 0 Å². The van der Waals surface area contributed by atoms with Gasteiger partial charge < -0.3 is 0 Å². The number of hydrogen-bond acceptors (Lipinski definition) is 1. The zero-order chi connectivity index (χ0) is 11.5. The number of carbonyl (C=O) groups excluding carboxylic acids is 1. The van der Waals surface area contributed by atoms with Gasteiger partial charge in [0.05, 0.1) is 0 Å². The minimum absolute atomic E-state index is 0.579. The fourth-order valence-electron chi connectivity index (χ4n) is 1.54. The number of aldehydes is 1. The molecule has 0 atom stereocenters. The van der Waals surface area contributed by atoms with Crippen LogP contribution in [0.1, 0.15) is 10.4 Å². The summed E-state index contributed by atoms with van der Waals surface area (Å²) < 4.78 is 0. The highest BCUT2D eigenvalue weighted by Crippen LogP contribution is 2.34. The van der Waals surface area contributed by atoms with E-state index >= 15 is 0 Å². The molecule has 0 saturated heterocycles. The van der Waals surface area contributed by atoms with Crippen LogP contribution in [0.15, 0.2) is 42.5 Å². The molecule has 0 aromatic heterocycles. The lowest BCUT2D eigenvalue weighted by molar-refractivity contribution is 0.112. The van der Waals surface area contributed by atoms with Crippen LogP contribution in [0, 0.1) is 0 Å². The van der Waals surface area contributed by atoms with E-state index in [1.165, 1.54) is 0 Å². The van der Waals surface area contributed by atoms with Crippen LogP contribution in [-0.2, 0) is 0 Å². The predicted octanol–water partition coefficient (Wildman–Crippen LogP) is 4.47. The number of rotatable bonds is 2. The third-order valence-electron chi connectivity index (χ3n) is 2.27. The molecule has 0 aliphatic rings. The molecule has 0 aliphatic carbocycles. The van der Waals surface area contributed by atoms with E-state index in [-0.39, 0.29) is 0 Å². The summed E-state index contributed by atoms with van der Waals surface area (Å²) in [5.41, 5.74) is 2.21. The molecule has 0 spiro atoms. The molecule has 0 saturated carbocycles. The van der Waals surface area contributed by atoms with Crippen LogP contribution in [0.25, 0.3) is 11.1 Å². The highest BCUT2D eigenvalue weighted by Gasteiger charge is 2.08. The summed E-state index contributed by atoms with van der Waals surface area (Å²) in [6.07, 6.45) is 0.800. The van der Waals surface area contributed by atoms with Gasteiger partial charge in [0.1, 0.15) is 6.29 Å². The van der Waals surface area contributed by atoms with E-state index in [0.29, 0.717) is 15.6 Å². The van der Waals surface area contributed by atoms with Crippen molar-refractivity contribution in [3.8, 4) is 11.1 Å². The summed E-state index contributed by atoms with van der Waals surface area (Å²) in [6.45, 7) is 0. The Morgan fingerprint density at radius 2 is 1.56 bits per heavy atom. The Morgan fingerprint density at radius 1 is 0.938 bits per heavy atom. The largest absolute Gasteiger partial charge is 0.298 e. The van der Waals surface area contributed by atoms with Gasteiger partial charge in [-0.1, -0.05) is 47.5 Å². The zero-order valence-electron chi connectivity index (χ0n) is 8.28. The van der Waals surface area contributed by atoms with Gasteiger partial charge in [0.15, 0.2) is 0 Å². The van der Waals surface area contributed by atoms with Gasteiger partial charge in [-0.15, -0.1) is 0 Å². The van der Waals surface area contributed by atoms with Crippen LogP contribution in [0.2, 0.25) is 10.0 Å². The van der Waals surface area contributed by atoms with Crippen LogP contribution < -0.4 is 0 Å². The first-order valence-corrected chi connectivity index (χ1v) is 5.47. The molecule has 0 heterocycles. The second-order valence-electron chi connectivity index (χ2n) is 3.34. The third-order valence-corrected chi connectivity index (χ3v) is 2.90. The standard InChI is InChI=1S/C13H8Cl2O/c14-11-5-2-6-12(15)13(11)10-4-1-3-9(7-10)8-16/h1-8H. The molecule has 0 unspecified atom stereocenters. The van der Waals surface area contributed by atoms with Gasteiger partial charge in [0.25, 0.3) is 0 Å². The smallest absolute Gasteiger partial charge is 0.150 e. The second-order valence-corrected chi connectivity index (χ2v) is 4.15. The van der Waals surface area contributed by atoms with Crippen molar-refractivity contribution in [2.75, 3.05) is 0 Å². The average Bonchev–Trinajstić information content (AvgIpc) is 2.29. The van der Waals surface area contributed by atoms with E-state index in [1.54, 1.807) is 36.4 Å². The van der Waals surface area contributed by atoms with E-state index in [1.807, 2.05) is 6.07 Å². The predicted molar refractivity (Wildman–Crippen MR) is 67.3 cm³/mol. The molecule has 1 nitrogen and oxygen atoms in total. The average molecular weight is 251 g/mol. The summed E-state index contributed by atoms with van der Waals surface area (Å²) in [4.78, 5) is 10.7. The molecular formula is C13H8Cl2O. The Labute approximate surface area is 104 Å². The first kappa shape index (κ1) is 11.2. The van der Waals surface area contributed by atoms with E-state index in [2.05, 4.69) is 0 Å². The minimum Gasteiger partial charge on any atom is -0.298 e. The van der Waals surface area contributed by atoms with Crippen molar-refractivity contribution in [3.05, 3.63) is 58.1 Å². The number of halogens is 2. The quantitative estimate of drug-likeness (QED) is 0.719. The van der Waals surface area contributed by atoms with Crippen LogP contribution in [0.5, 0.6) is 0 Å². The van der Waals surface area contributed by atoms with Crippen molar-refractivity contribution in [3.63, 3.8) is 0 Å². The minimum atomic E-state index is 0.579. The highest BCUT2D eigenvalue weighted by atomic mass is 35.5. The Morgan fingerprint density at radius 3 is 2.19 bits per heavy atom. The van der Waals surface area contributed by atoms with Crippen LogP contribution >= 0.6 is 23.2 Å². The van der Waals surface area contributed by atoms with Gasteiger partial charge >= 0.3 is 0 Å². The molecule has 0 radical (unpaired) electrons. The van der Waals surface area contributed by atoms with E-state index < -0.39 is 0 Å². The topological polar surface area (TPSA) is 17.1 Å². The monoisotopic (exact) mass is 250 g/mol. The summed E-state index contributed by atoms with van der Waals surface area (Å²) in [5, 5.41) is 1.16. The van der Waals surface area contributed by atoms with Gasteiger partial charge in [-0.05, 0) is 23.8 Å². The second kappa shape index (κ2) is 4.69. The fraction of sp³-hybridized carbons (Fsp3) is 0. The van der Waals surface area contributed by atoms with Crippen molar-refractivity contribution in [1.29, 1.82) is 0 Å². The lowest BCUT2D eigenvalue weighted by atomic mass is 10.0. The highest BCUT2D eigenvalue weighted by molar-refractivity contribution is 6.39. The molecule has 0 aliphatic heterocycles. The molecule has 16 heavy (non-hydrogen) atoms. The lowest BCUT2D eigenvalue weighted by Gasteiger charge is -2.07. The Hall–Kier alpha value is -1.31. The third kappa shape index (κ3) is 2.11. The molecule has 0 bridgehead atoms. The summed E-state index contributed by atoms with van der Waals surface area (Å²) in [5.74, 6) is 0. The van der Waals surface area contributed by atoms with E-state index in [4.69, 9.17) is 23.2 Å². The Bertz CT molecular complexity index is 515. The molecule has 2 rings (SSSR count). The Kier molecular flexibility index (Phi) is 3.28. The molecule has 0 fully saturated rings. The maximum atomic E-state index is 10.7. The SMILES string of the molecule is O=Cc1cccc(-c2c(Cl)cccc2Cl)c1. The van der Waals surface area contributed by atoms with Crippen LogP contribution in [0.4, 0.5) is 0 Å². The van der Waals surface area contributed by atoms with Gasteiger partial charge in [0.2, 0.25) is 0 Å². The maximum absolute atomic E-state index is 10.7. The number of hydrogen-bond donors (Lipinski definition) is 0. The van der Waals surface area contributed by atoms with Crippen LogP contribution in [0.3, 0.4) is 0 Å². The first-order chi connectivity index (χ1) is 7.72. The molecule has 0 amide bonds. The summed E-state index contributed by atoms with van der Waals surface area (Å²) >= 11 is 12.2. The van der Waals surface area contributed by atoms with Crippen molar-refractivity contribution in [2.24, 2.45) is 0 Å². The maximum Gasteiger partial charge on any atom is 0.150 e. The lowest BCUT2D eigenvalue weighted by Crippen LogP contribution is -1.84. The van der Waals surface area contributed by atoms with Gasteiger partial charge in [-0.2, -0.15) is 0 Å². The van der Waals surface area contributed by atoms with Crippen molar-refractivity contribution in [2.45, 2.75) is 0 Å². The molecule has 0 N–H and O–H groups in total. The molecule has 2 aromatic carbocycles. The van der Waals surface area contributed by atoms with Gasteiger partial charge in [0, 0.05) is 21.2 Å². The van der Waals surface area contributed by atoms with Gasteiger partial charge in [-0.25, -0.2) is 0 Å². The molecule has 2 aromatic rings. The molecular weight excluding hydrogens is 243 g/mol. The fourth-order valence-corrected chi connectivity index (χ4v) is 2.16. The molecule has 3 heteroatoms.